The number of amides is 1. The Hall–Kier alpha value is -3.77. The van der Waals surface area contributed by atoms with Gasteiger partial charge in [0.25, 0.3) is 5.91 Å². The van der Waals surface area contributed by atoms with Crippen molar-refractivity contribution in [2.75, 3.05) is 5.32 Å². The largest absolute Gasteiger partial charge is 0.321 e. The molecule has 146 valence electrons. The summed E-state index contributed by atoms with van der Waals surface area (Å²) in [5, 5.41) is 3.90. The van der Waals surface area contributed by atoms with Gasteiger partial charge in [-0.15, -0.1) is 11.3 Å². The van der Waals surface area contributed by atoms with Gasteiger partial charge in [-0.3, -0.25) is 4.79 Å². The minimum atomic E-state index is -0.164. The number of nitrogens with zero attached hydrogens (tertiary/aromatic N) is 3. The number of imidazole rings is 1. The van der Waals surface area contributed by atoms with Crippen molar-refractivity contribution in [3.8, 4) is 21.8 Å². The van der Waals surface area contributed by atoms with Crippen molar-refractivity contribution in [2.45, 2.75) is 6.92 Å². The van der Waals surface area contributed by atoms with Crippen LogP contribution in [0.15, 0.2) is 85.2 Å². The molecule has 0 saturated heterocycles. The summed E-state index contributed by atoms with van der Waals surface area (Å²) < 4.78 is 1.97. The summed E-state index contributed by atoms with van der Waals surface area (Å²) in [5.74, 6) is -0.164. The lowest BCUT2D eigenvalue weighted by Crippen LogP contribution is -2.12. The summed E-state index contributed by atoms with van der Waals surface area (Å²) in [6.07, 6.45) is 3.92. The molecule has 0 fully saturated rings. The van der Waals surface area contributed by atoms with Gasteiger partial charge in [0, 0.05) is 23.5 Å². The van der Waals surface area contributed by atoms with Crippen LogP contribution in [0.1, 0.15) is 15.4 Å². The van der Waals surface area contributed by atoms with Gasteiger partial charge in [-0.25, -0.2) is 9.97 Å². The molecule has 1 amide bonds. The standard InChI is InChI=1S/C24H18N4OS/c1-16-22(30-24(25-16)17-9-3-2-4-10-17)23(29)27-19-12-6-5-11-18(19)20-15-28-14-8-7-13-21(28)26-20/h2-15H,1H3,(H,27,29). The molecule has 3 aromatic heterocycles. The first-order chi connectivity index (χ1) is 14.7. The van der Waals surface area contributed by atoms with E-state index in [2.05, 4.69) is 15.3 Å². The highest BCUT2D eigenvalue weighted by atomic mass is 32.1. The molecule has 2 aromatic carbocycles. The molecule has 30 heavy (non-hydrogen) atoms. The predicted octanol–water partition coefficient (Wildman–Crippen LogP) is 5.69. The van der Waals surface area contributed by atoms with E-state index in [4.69, 9.17) is 0 Å². The maximum absolute atomic E-state index is 13.1. The molecule has 5 rings (SSSR count). The van der Waals surface area contributed by atoms with Crippen LogP contribution in [0, 0.1) is 6.92 Å². The van der Waals surface area contributed by atoms with E-state index in [1.54, 1.807) is 0 Å². The fourth-order valence-electron chi connectivity index (χ4n) is 3.37. The topological polar surface area (TPSA) is 59.3 Å². The number of benzene rings is 2. The third-order valence-corrected chi connectivity index (χ3v) is 6.04. The molecule has 0 aliphatic carbocycles. The highest BCUT2D eigenvalue weighted by Crippen LogP contribution is 2.31. The molecule has 6 heteroatoms. The maximum atomic E-state index is 13.1. The molecular formula is C24H18N4OS. The van der Waals surface area contributed by atoms with Gasteiger partial charge in [0.2, 0.25) is 0 Å². The molecule has 5 nitrogen and oxygen atoms in total. The summed E-state index contributed by atoms with van der Waals surface area (Å²) in [4.78, 5) is 23.0. The van der Waals surface area contributed by atoms with Crippen LogP contribution in [-0.4, -0.2) is 20.3 Å². The zero-order valence-corrected chi connectivity index (χ0v) is 17.1. The molecule has 3 heterocycles. The number of hydrogen-bond acceptors (Lipinski definition) is 4. The molecule has 0 atom stereocenters. The molecule has 5 aromatic rings. The monoisotopic (exact) mass is 410 g/mol. The van der Waals surface area contributed by atoms with Crippen molar-refractivity contribution in [3.05, 3.63) is 95.8 Å². The molecule has 0 aliphatic rings. The fourth-order valence-corrected chi connectivity index (χ4v) is 4.34. The second-order valence-electron chi connectivity index (χ2n) is 6.89. The fraction of sp³-hybridized carbons (Fsp3) is 0.0417. The molecule has 0 unspecified atom stereocenters. The van der Waals surface area contributed by atoms with Crippen molar-refractivity contribution < 1.29 is 4.79 Å². The summed E-state index contributed by atoms with van der Waals surface area (Å²) in [5.41, 5.74) is 5.00. The highest BCUT2D eigenvalue weighted by Gasteiger charge is 2.18. The van der Waals surface area contributed by atoms with Crippen LogP contribution in [-0.2, 0) is 0 Å². The van der Waals surface area contributed by atoms with Crippen LogP contribution in [0.2, 0.25) is 0 Å². The Morgan fingerprint density at radius 3 is 2.53 bits per heavy atom. The number of fused-ring (bicyclic) bond motifs is 1. The molecule has 1 N–H and O–H groups in total. The third-order valence-electron chi connectivity index (χ3n) is 4.84. The first-order valence-corrected chi connectivity index (χ1v) is 10.4. The highest BCUT2D eigenvalue weighted by molar-refractivity contribution is 7.17. The van der Waals surface area contributed by atoms with Crippen molar-refractivity contribution in [2.24, 2.45) is 0 Å². The van der Waals surface area contributed by atoms with Crippen LogP contribution >= 0.6 is 11.3 Å². The SMILES string of the molecule is Cc1nc(-c2ccccc2)sc1C(=O)Nc1ccccc1-c1cn2ccccc2n1. The lowest BCUT2D eigenvalue weighted by Gasteiger charge is -2.08. The zero-order chi connectivity index (χ0) is 20.5. The quantitative estimate of drug-likeness (QED) is 0.414. The molecule has 0 spiro atoms. The van der Waals surface area contributed by atoms with Gasteiger partial charge in [-0.2, -0.15) is 0 Å². The van der Waals surface area contributed by atoms with Gasteiger partial charge >= 0.3 is 0 Å². The van der Waals surface area contributed by atoms with Gasteiger partial charge in [-0.1, -0.05) is 54.6 Å². The maximum Gasteiger partial charge on any atom is 0.267 e. The molecule has 0 radical (unpaired) electrons. The third kappa shape index (κ3) is 3.38. The van der Waals surface area contributed by atoms with E-state index >= 15 is 0 Å². The second-order valence-corrected chi connectivity index (χ2v) is 7.89. The van der Waals surface area contributed by atoms with Crippen molar-refractivity contribution in [1.29, 1.82) is 0 Å². The number of rotatable bonds is 4. The Morgan fingerprint density at radius 2 is 1.70 bits per heavy atom. The van der Waals surface area contributed by atoms with Gasteiger partial charge in [0.1, 0.15) is 15.5 Å². The van der Waals surface area contributed by atoms with E-state index < -0.39 is 0 Å². The number of aryl methyl sites for hydroxylation is 1. The van der Waals surface area contributed by atoms with E-state index in [1.807, 2.05) is 96.5 Å². The van der Waals surface area contributed by atoms with Crippen LogP contribution in [0.25, 0.3) is 27.5 Å². The average molecular weight is 411 g/mol. The van der Waals surface area contributed by atoms with Crippen LogP contribution < -0.4 is 5.32 Å². The Balaban J connectivity index is 1.47. The summed E-state index contributed by atoms with van der Waals surface area (Å²) in [6.45, 7) is 1.87. The van der Waals surface area contributed by atoms with Crippen molar-refractivity contribution in [1.82, 2.24) is 14.4 Å². The number of thiazole rings is 1. The van der Waals surface area contributed by atoms with Crippen LogP contribution in [0.4, 0.5) is 5.69 Å². The number of hydrogen-bond donors (Lipinski definition) is 1. The van der Waals surface area contributed by atoms with E-state index in [-0.39, 0.29) is 5.91 Å². The summed E-state index contributed by atoms with van der Waals surface area (Å²) in [6, 6.07) is 23.5. The van der Waals surface area contributed by atoms with Crippen molar-refractivity contribution >= 4 is 28.6 Å². The zero-order valence-electron chi connectivity index (χ0n) is 16.2. The van der Waals surface area contributed by atoms with E-state index in [9.17, 15) is 4.79 Å². The van der Waals surface area contributed by atoms with Gasteiger partial charge in [-0.05, 0) is 25.1 Å². The number of aromatic nitrogens is 3. The van der Waals surface area contributed by atoms with Gasteiger partial charge in [0.05, 0.1) is 17.1 Å². The minimum absolute atomic E-state index is 0.164. The Morgan fingerprint density at radius 1 is 0.933 bits per heavy atom. The number of carbonyl (C=O) groups excluding carboxylic acids is 1. The lowest BCUT2D eigenvalue weighted by atomic mass is 10.1. The Kier molecular flexibility index (Phi) is 4.61. The first kappa shape index (κ1) is 18.3. The van der Waals surface area contributed by atoms with Gasteiger partial charge in [0.15, 0.2) is 0 Å². The van der Waals surface area contributed by atoms with E-state index in [1.165, 1.54) is 11.3 Å². The smallest absolute Gasteiger partial charge is 0.267 e. The van der Waals surface area contributed by atoms with Crippen LogP contribution in [0.3, 0.4) is 0 Å². The number of para-hydroxylation sites is 1. The summed E-state index contributed by atoms with van der Waals surface area (Å²) in [7, 11) is 0. The molecule has 0 bridgehead atoms. The number of carbonyl (C=O) groups is 1. The summed E-state index contributed by atoms with van der Waals surface area (Å²) >= 11 is 1.40. The second kappa shape index (κ2) is 7.57. The number of anilines is 1. The Labute approximate surface area is 177 Å². The molecule has 0 saturated carbocycles. The van der Waals surface area contributed by atoms with Crippen LogP contribution in [0.5, 0.6) is 0 Å². The molecular weight excluding hydrogens is 392 g/mol. The van der Waals surface area contributed by atoms with Crippen molar-refractivity contribution in [3.63, 3.8) is 0 Å². The number of nitrogens with one attached hydrogen (secondary N) is 1. The minimum Gasteiger partial charge on any atom is -0.321 e. The lowest BCUT2D eigenvalue weighted by molar-refractivity contribution is 0.103. The van der Waals surface area contributed by atoms with E-state index in [0.717, 1.165) is 38.9 Å². The first-order valence-electron chi connectivity index (χ1n) is 9.56. The number of pyridine rings is 1. The van der Waals surface area contributed by atoms with E-state index in [0.29, 0.717) is 4.88 Å². The predicted molar refractivity (Wildman–Crippen MR) is 121 cm³/mol. The normalized spacial score (nSPS) is 11.0. The molecule has 0 aliphatic heterocycles. The Bertz CT molecular complexity index is 1320. The van der Waals surface area contributed by atoms with Gasteiger partial charge < -0.3 is 9.72 Å². The average Bonchev–Trinajstić information content (AvgIpc) is 3.38.